The van der Waals surface area contributed by atoms with Gasteiger partial charge >= 0.3 is 12.1 Å². The number of nitrogens with one attached hydrogen (secondary N) is 3. The van der Waals surface area contributed by atoms with Crippen molar-refractivity contribution in [3.05, 3.63) is 0 Å². The van der Waals surface area contributed by atoms with Gasteiger partial charge in [0.2, 0.25) is 17.7 Å². The first kappa shape index (κ1) is 26.2. The van der Waals surface area contributed by atoms with Crippen LogP contribution in [0.5, 0.6) is 0 Å². The molecule has 0 spiro atoms. The zero-order chi connectivity index (χ0) is 25.8. The fourth-order valence-corrected chi connectivity index (χ4v) is 5.34. The lowest BCUT2D eigenvalue weighted by atomic mass is 9.85. The summed E-state index contributed by atoms with van der Waals surface area (Å²) >= 11 is 0. The molecule has 0 aromatic carbocycles. The first-order chi connectivity index (χ1) is 15.5. The fraction of sp³-hybridized carbons (Fsp3) is 0.818. The maximum atomic E-state index is 13.4. The minimum atomic E-state index is -5.14. The summed E-state index contributed by atoms with van der Waals surface area (Å²) in [4.78, 5) is 51.4. The minimum absolute atomic E-state index is 0.00275. The Morgan fingerprint density at radius 3 is 2.32 bits per heavy atom. The molecule has 192 valence electrons. The molecule has 3 aliphatic rings. The number of fused-ring (bicyclic) bond motifs is 1. The van der Waals surface area contributed by atoms with Gasteiger partial charge in [0.1, 0.15) is 12.1 Å². The summed E-state index contributed by atoms with van der Waals surface area (Å²) in [6, 6.07) is -2.41. The van der Waals surface area contributed by atoms with Crippen molar-refractivity contribution >= 4 is 23.6 Å². The quantitative estimate of drug-likeness (QED) is 0.403. The molecule has 0 unspecified atom stereocenters. The van der Waals surface area contributed by atoms with Gasteiger partial charge in [-0.15, -0.1) is 0 Å². The van der Waals surface area contributed by atoms with Crippen LogP contribution in [0.4, 0.5) is 13.2 Å². The Kier molecular flexibility index (Phi) is 6.71. The zero-order valence-electron chi connectivity index (χ0n) is 20.1. The normalized spacial score (nSPS) is 29.7. The van der Waals surface area contributed by atoms with Crippen molar-refractivity contribution < 1.29 is 32.3 Å². The van der Waals surface area contributed by atoms with Gasteiger partial charge in [0, 0.05) is 19.0 Å². The van der Waals surface area contributed by atoms with Crippen molar-refractivity contribution in [2.45, 2.75) is 71.9 Å². The van der Waals surface area contributed by atoms with Gasteiger partial charge in [-0.1, -0.05) is 34.6 Å². The van der Waals surface area contributed by atoms with E-state index >= 15 is 0 Å². The van der Waals surface area contributed by atoms with Gasteiger partial charge in [0.05, 0.1) is 6.17 Å². The highest BCUT2D eigenvalue weighted by Crippen LogP contribution is 2.65. The first-order valence-corrected chi connectivity index (χ1v) is 11.5. The SMILES string of the molecule is CC(C)(C)[C@H](NC(=O)C(F)(F)F)C(=O)N1C[C@H]2[C@@H]([C@H]1C(=O)N[C@H](N)C[C@@H]1CCNC1=O)C2(C)C. The number of alkyl halides is 3. The molecule has 5 N–H and O–H groups in total. The molecule has 34 heavy (non-hydrogen) atoms. The van der Waals surface area contributed by atoms with Crippen LogP contribution in [0, 0.1) is 28.6 Å². The molecule has 9 nitrogen and oxygen atoms in total. The Morgan fingerprint density at radius 1 is 1.21 bits per heavy atom. The number of nitrogens with two attached hydrogens (primary N) is 1. The third-order valence-electron chi connectivity index (χ3n) is 7.43. The largest absolute Gasteiger partial charge is 0.471 e. The molecule has 1 saturated carbocycles. The van der Waals surface area contributed by atoms with Gasteiger partial charge in [-0.3, -0.25) is 19.2 Å². The van der Waals surface area contributed by atoms with Crippen LogP contribution >= 0.6 is 0 Å². The highest BCUT2D eigenvalue weighted by atomic mass is 19.4. The summed E-state index contributed by atoms with van der Waals surface area (Å²) in [6.45, 7) is 9.33. The van der Waals surface area contributed by atoms with E-state index in [4.69, 9.17) is 5.73 Å². The topological polar surface area (TPSA) is 134 Å². The number of halogens is 3. The Bertz CT molecular complexity index is 870. The van der Waals surface area contributed by atoms with Crippen molar-refractivity contribution in [1.82, 2.24) is 20.9 Å². The molecule has 12 heteroatoms. The standard InChI is InChI=1S/C22H34F3N5O4/c1-20(2,3)15(29-19(34)22(23,24)25)18(33)30-9-11-13(21(11,4)5)14(30)17(32)28-12(26)8-10-6-7-27-16(10)31/h10-15H,6-9,26H2,1-5H3,(H,27,31)(H,28,32)(H,29,34)/t10-,11-,12-,13-,14-,15+/m0/s1. The summed E-state index contributed by atoms with van der Waals surface area (Å²) in [5, 5.41) is 7.22. The van der Waals surface area contributed by atoms with Crippen LogP contribution in [0.15, 0.2) is 0 Å². The molecule has 0 bridgehead atoms. The number of nitrogens with zero attached hydrogens (tertiary/aromatic N) is 1. The third kappa shape index (κ3) is 5.01. The van der Waals surface area contributed by atoms with E-state index in [0.29, 0.717) is 13.0 Å². The van der Waals surface area contributed by atoms with Crippen LogP contribution in [0.1, 0.15) is 47.5 Å². The minimum Gasteiger partial charge on any atom is -0.356 e. The molecule has 3 rings (SSSR count). The molecule has 1 aliphatic carbocycles. The number of hydrogen-bond donors (Lipinski definition) is 4. The summed E-state index contributed by atoms with van der Waals surface area (Å²) in [6.07, 6.45) is -5.11. The molecule has 0 radical (unpaired) electrons. The van der Waals surface area contributed by atoms with Crippen molar-refractivity contribution in [3.63, 3.8) is 0 Å². The van der Waals surface area contributed by atoms with E-state index in [1.54, 1.807) is 20.8 Å². The second-order valence-electron chi connectivity index (χ2n) is 11.3. The molecular weight excluding hydrogens is 455 g/mol. The average Bonchev–Trinajstić information content (AvgIpc) is 3.05. The van der Waals surface area contributed by atoms with Gasteiger partial charge in [0.25, 0.3) is 0 Å². The predicted octanol–water partition coefficient (Wildman–Crippen LogP) is 0.490. The smallest absolute Gasteiger partial charge is 0.356 e. The monoisotopic (exact) mass is 489 g/mol. The second-order valence-corrected chi connectivity index (χ2v) is 11.3. The van der Waals surface area contributed by atoms with Crippen LogP contribution in [0.25, 0.3) is 0 Å². The molecule has 2 heterocycles. The highest BCUT2D eigenvalue weighted by Gasteiger charge is 2.69. The van der Waals surface area contributed by atoms with Crippen LogP contribution in [0.3, 0.4) is 0 Å². The maximum Gasteiger partial charge on any atom is 0.471 e. The molecule has 0 aromatic heterocycles. The second kappa shape index (κ2) is 8.69. The molecule has 6 atom stereocenters. The van der Waals surface area contributed by atoms with Gasteiger partial charge in [-0.2, -0.15) is 13.2 Å². The van der Waals surface area contributed by atoms with E-state index in [9.17, 15) is 32.3 Å². The van der Waals surface area contributed by atoms with E-state index in [-0.39, 0.29) is 42.0 Å². The Balaban J connectivity index is 1.77. The number of carbonyl (C=O) groups excluding carboxylic acids is 4. The Labute approximate surface area is 196 Å². The summed E-state index contributed by atoms with van der Waals surface area (Å²) in [5.74, 6) is -4.07. The van der Waals surface area contributed by atoms with Crippen molar-refractivity contribution in [3.8, 4) is 0 Å². The van der Waals surface area contributed by atoms with Crippen LogP contribution in [0.2, 0.25) is 0 Å². The molecule has 2 aliphatic heterocycles. The van der Waals surface area contributed by atoms with Crippen LogP contribution < -0.4 is 21.7 Å². The lowest BCUT2D eigenvalue weighted by Crippen LogP contribution is -2.61. The first-order valence-electron chi connectivity index (χ1n) is 11.5. The molecule has 4 amide bonds. The van der Waals surface area contributed by atoms with E-state index < -0.39 is 47.6 Å². The number of hydrogen-bond acceptors (Lipinski definition) is 5. The highest BCUT2D eigenvalue weighted by molar-refractivity contribution is 5.95. The number of rotatable bonds is 6. The fourth-order valence-electron chi connectivity index (χ4n) is 5.34. The molecular formula is C22H34F3N5O4. The van der Waals surface area contributed by atoms with Gasteiger partial charge < -0.3 is 26.6 Å². The lowest BCUT2D eigenvalue weighted by molar-refractivity contribution is -0.176. The Hall–Kier alpha value is -2.37. The average molecular weight is 490 g/mol. The van der Waals surface area contributed by atoms with Gasteiger partial charge in [-0.05, 0) is 35.5 Å². The zero-order valence-corrected chi connectivity index (χ0v) is 20.1. The molecule has 0 aromatic rings. The van der Waals surface area contributed by atoms with Crippen molar-refractivity contribution in [1.29, 1.82) is 0 Å². The number of carbonyl (C=O) groups is 4. The Morgan fingerprint density at radius 2 is 1.82 bits per heavy atom. The number of piperidine rings is 1. The van der Waals surface area contributed by atoms with Gasteiger partial charge in [-0.25, -0.2) is 0 Å². The van der Waals surface area contributed by atoms with Gasteiger partial charge in [0.15, 0.2) is 0 Å². The predicted molar refractivity (Wildman–Crippen MR) is 116 cm³/mol. The summed E-state index contributed by atoms with van der Waals surface area (Å²) < 4.78 is 38.7. The maximum absolute atomic E-state index is 13.4. The lowest BCUT2D eigenvalue weighted by Gasteiger charge is -2.38. The van der Waals surface area contributed by atoms with Crippen LogP contribution in [-0.4, -0.2) is 66.0 Å². The number of likely N-dealkylation sites (tertiary alicyclic amines) is 1. The summed E-state index contributed by atoms with van der Waals surface area (Å²) in [7, 11) is 0. The van der Waals surface area contributed by atoms with Crippen LogP contribution in [-0.2, 0) is 19.2 Å². The van der Waals surface area contributed by atoms with Crippen molar-refractivity contribution in [2.24, 2.45) is 34.3 Å². The molecule has 3 fully saturated rings. The van der Waals surface area contributed by atoms with Crippen molar-refractivity contribution in [2.75, 3.05) is 13.1 Å². The van der Waals surface area contributed by atoms with E-state index in [1.807, 2.05) is 19.2 Å². The van der Waals surface area contributed by atoms with E-state index in [0.717, 1.165) is 0 Å². The van der Waals surface area contributed by atoms with E-state index in [2.05, 4.69) is 10.6 Å². The summed E-state index contributed by atoms with van der Waals surface area (Å²) in [5.41, 5.74) is 4.82. The third-order valence-corrected chi connectivity index (χ3v) is 7.43. The molecule has 2 saturated heterocycles. The number of amides is 4. The van der Waals surface area contributed by atoms with E-state index in [1.165, 1.54) is 4.90 Å².